The van der Waals surface area contributed by atoms with Gasteiger partial charge in [0.25, 0.3) is 0 Å². The van der Waals surface area contributed by atoms with Crippen molar-refractivity contribution in [1.82, 2.24) is 4.90 Å². The lowest BCUT2D eigenvalue weighted by atomic mass is 10.0. The van der Waals surface area contributed by atoms with Gasteiger partial charge in [-0.15, -0.1) is 0 Å². The van der Waals surface area contributed by atoms with E-state index in [4.69, 9.17) is 16.7 Å². The number of carbonyl (C=O) groups excluding carboxylic acids is 1. The van der Waals surface area contributed by atoms with Crippen LogP contribution in [0.4, 0.5) is 0 Å². The van der Waals surface area contributed by atoms with E-state index in [2.05, 4.69) is 0 Å². The smallest absolute Gasteiger partial charge is 0.306 e. The molecule has 4 nitrogen and oxygen atoms in total. The summed E-state index contributed by atoms with van der Waals surface area (Å²) in [4.78, 5) is 25.3. The van der Waals surface area contributed by atoms with Crippen LogP contribution in [0, 0.1) is 11.8 Å². The average Bonchev–Trinajstić information content (AvgIpc) is 3.03. The van der Waals surface area contributed by atoms with Gasteiger partial charge in [0.05, 0.1) is 5.92 Å². The molecule has 0 aromatic heterocycles. The average molecular weight is 294 g/mol. The third-order valence-corrected chi connectivity index (χ3v) is 4.57. The molecular weight excluding hydrogens is 278 g/mol. The number of rotatable bonds is 2. The van der Waals surface area contributed by atoms with Crippen molar-refractivity contribution in [2.75, 3.05) is 0 Å². The van der Waals surface area contributed by atoms with Gasteiger partial charge in [0.1, 0.15) is 0 Å². The summed E-state index contributed by atoms with van der Waals surface area (Å²) < 4.78 is 0. The minimum absolute atomic E-state index is 0.0843. The third-order valence-electron chi connectivity index (χ3n) is 4.33. The fourth-order valence-corrected chi connectivity index (χ4v) is 3.40. The second-order valence-electron chi connectivity index (χ2n) is 5.65. The summed E-state index contributed by atoms with van der Waals surface area (Å²) >= 11 is 5.96. The predicted octanol–water partition coefficient (Wildman–Crippen LogP) is 2.68. The van der Waals surface area contributed by atoms with Crippen LogP contribution in [0.15, 0.2) is 18.2 Å². The van der Waals surface area contributed by atoms with Gasteiger partial charge in [-0.05, 0) is 42.5 Å². The normalized spacial score (nSPS) is 24.8. The van der Waals surface area contributed by atoms with Gasteiger partial charge >= 0.3 is 5.97 Å². The summed E-state index contributed by atoms with van der Waals surface area (Å²) in [5.41, 5.74) is 2.23. The molecule has 1 saturated carbocycles. The Bertz CT molecular complexity index is 572. The van der Waals surface area contributed by atoms with Crippen LogP contribution in [-0.4, -0.2) is 21.9 Å². The Morgan fingerprint density at radius 2 is 1.85 bits per heavy atom. The quantitative estimate of drug-likeness (QED) is 0.912. The minimum Gasteiger partial charge on any atom is -0.481 e. The first kappa shape index (κ1) is 13.4. The van der Waals surface area contributed by atoms with Gasteiger partial charge in [0.15, 0.2) is 0 Å². The second kappa shape index (κ2) is 5.09. The highest BCUT2D eigenvalue weighted by Crippen LogP contribution is 2.35. The van der Waals surface area contributed by atoms with E-state index in [1.807, 2.05) is 23.1 Å². The Balaban J connectivity index is 1.67. The monoisotopic (exact) mass is 293 g/mol. The van der Waals surface area contributed by atoms with E-state index in [1.54, 1.807) is 0 Å². The maximum absolute atomic E-state index is 12.5. The van der Waals surface area contributed by atoms with Crippen LogP contribution in [0.2, 0.25) is 5.02 Å². The van der Waals surface area contributed by atoms with Crippen molar-refractivity contribution in [2.45, 2.75) is 32.4 Å². The van der Waals surface area contributed by atoms with Gasteiger partial charge in [-0.2, -0.15) is 0 Å². The van der Waals surface area contributed by atoms with E-state index in [-0.39, 0.29) is 17.7 Å². The molecular formula is C15H16ClNO3. The number of nitrogens with zero attached hydrogens (tertiary/aromatic N) is 1. The summed E-state index contributed by atoms with van der Waals surface area (Å²) in [6.45, 7) is 1.20. The Labute approximate surface area is 122 Å². The molecule has 1 aliphatic carbocycles. The fourth-order valence-electron chi connectivity index (χ4n) is 3.21. The van der Waals surface area contributed by atoms with Crippen molar-refractivity contribution in [3.05, 3.63) is 34.3 Å². The Morgan fingerprint density at radius 3 is 2.55 bits per heavy atom. The number of fused-ring (bicyclic) bond motifs is 1. The SMILES string of the molecule is O=C(O)C1CCC(C(=O)N2Cc3ccc(Cl)cc3C2)C1. The standard InChI is InChI=1S/C15H16ClNO3/c16-13-4-3-11-7-17(8-12(11)6-13)14(18)9-1-2-10(5-9)15(19)20/h3-4,6,9-10H,1-2,5,7-8H2,(H,19,20). The lowest BCUT2D eigenvalue weighted by Gasteiger charge is -2.19. The first-order valence-electron chi connectivity index (χ1n) is 6.83. The third kappa shape index (κ3) is 2.40. The van der Waals surface area contributed by atoms with Gasteiger partial charge in [-0.1, -0.05) is 17.7 Å². The number of hydrogen-bond donors (Lipinski definition) is 1. The molecule has 5 heteroatoms. The molecule has 1 aliphatic heterocycles. The number of hydrogen-bond acceptors (Lipinski definition) is 2. The molecule has 2 unspecified atom stereocenters. The number of amides is 1. The van der Waals surface area contributed by atoms with Crippen molar-refractivity contribution in [3.8, 4) is 0 Å². The maximum Gasteiger partial charge on any atom is 0.306 e. The van der Waals surface area contributed by atoms with E-state index < -0.39 is 5.97 Å². The van der Waals surface area contributed by atoms with Gasteiger partial charge in [0, 0.05) is 24.0 Å². The molecule has 1 aromatic carbocycles. The van der Waals surface area contributed by atoms with Crippen LogP contribution in [0.3, 0.4) is 0 Å². The molecule has 106 valence electrons. The van der Waals surface area contributed by atoms with E-state index in [1.165, 1.54) is 0 Å². The highest BCUT2D eigenvalue weighted by Gasteiger charge is 2.37. The molecule has 20 heavy (non-hydrogen) atoms. The van der Waals surface area contributed by atoms with Gasteiger partial charge in [-0.25, -0.2) is 0 Å². The molecule has 0 bridgehead atoms. The lowest BCUT2D eigenvalue weighted by molar-refractivity contribution is -0.141. The van der Waals surface area contributed by atoms with Gasteiger partial charge in [-0.3, -0.25) is 9.59 Å². The minimum atomic E-state index is -0.781. The molecule has 1 aromatic rings. The molecule has 0 saturated heterocycles. The summed E-state index contributed by atoms with van der Waals surface area (Å²) in [5, 5.41) is 9.70. The number of halogens is 1. The van der Waals surface area contributed by atoms with E-state index in [0.717, 1.165) is 11.1 Å². The van der Waals surface area contributed by atoms with E-state index in [9.17, 15) is 9.59 Å². The van der Waals surface area contributed by atoms with Crippen molar-refractivity contribution < 1.29 is 14.7 Å². The Kier molecular flexibility index (Phi) is 3.42. The largest absolute Gasteiger partial charge is 0.481 e. The van der Waals surface area contributed by atoms with E-state index >= 15 is 0 Å². The van der Waals surface area contributed by atoms with Crippen LogP contribution in [-0.2, 0) is 22.7 Å². The summed E-state index contributed by atoms with van der Waals surface area (Å²) in [5.74, 6) is -1.19. The zero-order chi connectivity index (χ0) is 14.3. The topological polar surface area (TPSA) is 57.6 Å². The number of carbonyl (C=O) groups is 2. The van der Waals surface area contributed by atoms with Crippen molar-refractivity contribution in [2.24, 2.45) is 11.8 Å². The molecule has 1 heterocycles. The van der Waals surface area contributed by atoms with Crippen LogP contribution >= 0.6 is 11.6 Å². The fraction of sp³-hybridized carbons (Fsp3) is 0.467. The van der Waals surface area contributed by atoms with Crippen molar-refractivity contribution in [3.63, 3.8) is 0 Å². The van der Waals surface area contributed by atoms with Crippen molar-refractivity contribution >= 4 is 23.5 Å². The highest BCUT2D eigenvalue weighted by molar-refractivity contribution is 6.30. The van der Waals surface area contributed by atoms with Crippen LogP contribution in [0.1, 0.15) is 30.4 Å². The van der Waals surface area contributed by atoms with Crippen LogP contribution in [0.5, 0.6) is 0 Å². The number of carboxylic acids is 1. The van der Waals surface area contributed by atoms with Gasteiger partial charge < -0.3 is 10.0 Å². The molecule has 0 spiro atoms. The lowest BCUT2D eigenvalue weighted by Crippen LogP contribution is -2.31. The molecule has 0 radical (unpaired) electrons. The summed E-state index contributed by atoms with van der Waals surface area (Å²) in [6, 6.07) is 5.70. The zero-order valence-corrected chi connectivity index (χ0v) is 11.8. The van der Waals surface area contributed by atoms with Crippen LogP contribution < -0.4 is 0 Å². The second-order valence-corrected chi connectivity index (χ2v) is 6.09. The summed E-state index contributed by atoms with van der Waals surface area (Å²) in [7, 11) is 0. The van der Waals surface area contributed by atoms with Crippen LogP contribution in [0.25, 0.3) is 0 Å². The summed E-state index contributed by atoms with van der Waals surface area (Å²) in [6.07, 6.45) is 1.77. The molecule has 3 rings (SSSR count). The zero-order valence-electron chi connectivity index (χ0n) is 11.0. The Hall–Kier alpha value is -1.55. The van der Waals surface area contributed by atoms with Crippen molar-refractivity contribution in [1.29, 1.82) is 0 Å². The molecule has 2 aliphatic rings. The Morgan fingerprint density at radius 1 is 1.15 bits per heavy atom. The molecule has 1 fully saturated rings. The highest BCUT2D eigenvalue weighted by atomic mass is 35.5. The number of aliphatic carboxylic acids is 1. The van der Waals surface area contributed by atoms with E-state index in [0.29, 0.717) is 37.4 Å². The first-order chi connectivity index (χ1) is 9.54. The molecule has 1 N–H and O–H groups in total. The molecule has 2 atom stereocenters. The predicted molar refractivity (Wildman–Crippen MR) is 74.2 cm³/mol. The number of benzene rings is 1. The first-order valence-corrected chi connectivity index (χ1v) is 7.21. The maximum atomic E-state index is 12.5. The number of carboxylic acid groups (broad SMARTS) is 1. The molecule has 1 amide bonds. The van der Waals surface area contributed by atoms with Gasteiger partial charge in [0.2, 0.25) is 5.91 Å².